The van der Waals surface area contributed by atoms with Crippen LogP contribution in [0.1, 0.15) is 116 Å². The predicted octanol–water partition coefficient (Wildman–Crippen LogP) is 7.85. The van der Waals surface area contributed by atoms with Crippen molar-refractivity contribution in [1.82, 2.24) is 0 Å². The molecule has 0 aromatic heterocycles. The lowest BCUT2D eigenvalue weighted by Crippen LogP contribution is -2.40. The number of alkyl halides is 2. The highest BCUT2D eigenvalue weighted by atomic mass is 19.3. The fourth-order valence-corrected chi connectivity index (χ4v) is 5.98. The summed E-state index contributed by atoms with van der Waals surface area (Å²) < 4.78 is 26.7. The molecule has 1 N–H and O–H groups in total. The van der Waals surface area contributed by atoms with Gasteiger partial charge in [-0.1, -0.05) is 71.1 Å². The van der Waals surface area contributed by atoms with Gasteiger partial charge in [0.05, 0.1) is 5.92 Å². The van der Waals surface area contributed by atoms with Crippen LogP contribution < -0.4 is 0 Å². The standard InChI is InChI=1S/C24H42F2O2/c1-2-3-4-5-6-7-8-9-19-10-12-21(13-11-19)24(18-22(25)26)16-14-20(15-17-24)23(27)28/h19-22H,2-18H2,1H3,(H,27,28). The Hall–Kier alpha value is -0.670. The molecule has 2 rings (SSSR count). The van der Waals surface area contributed by atoms with Crippen molar-refractivity contribution in [1.29, 1.82) is 0 Å². The zero-order valence-electron chi connectivity index (χ0n) is 17.9. The highest BCUT2D eigenvalue weighted by Crippen LogP contribution is 2.53. The van der Waals surface area contributed by atoms with Crippen molar-refractivity contribution in [3.05, 3.63) is 0 Å². The molecular weight excluding hydrogens is 358 g/mol. The zero-order chi connectivity index (χ0) is 20.4. The van der Waals surface area contributed by atoms with Crippen LogP contribution in [0.15, 0.2) is 0 Å². The first-order valence-corrected chi connectivity index (χ1v) is 12.0. The van der Waals surface area contributed by atoms with Gasteiger partial charge >= 0.3 is 5.97 Å². The van der Waals surface area contributed by atoms with Crippen LogP contribution in [0.5, 0.6) is 0 Å². The number of hydrogen-bond acceptors (Lipinski definition) is 1. The molecule has 0 spiro atoms. The Labute approximate surface area is 170 Å². The third-order valence-electron chi connectivity index (χ3n) is 7.82. The molecule has 0 radical (unpaired) electrons. The lowest BCUT2D eigenvalue weighted by molar-refractivity contribution is -0.144. The van der Waals surface area contributed by atoms with E-state index in [1.54, 1.807) is 0 Å². The first-order valence-electron chi connectivity index (χ1n) is 12.0. The molecule has 0 aliphatic heterocycles. The van der Waals surface area contributed by atoms with E-state index in [9.17, 15) is 18.7 Å². The SMILES string of the molecule is CCCCCCCCCC1CCC(C2(CC(F)F)CCC(C(=O)O)CC2)CC1. The molecule has 0 saturated heterocycles. The average molecular weight is 401 g/mol. The summed E-state index contributed by atoms with van der Waals surface area (Å²) >= 11 is 0. The second kappa shape index (κ2) is 12.1. The molecule has 2 saturated carbocycles. The Morgan fingerprint density at radius 1 is 0.929 bits per heavy atom. The first-order chi connectivity index (χ1) is 13.5. The zero-order valence-corrected chi connectivity index (χ0v) is 17.9. The Bertz CT molecular complexity index is 436. The fraction of sp³-hybridized carbons (Fsp3) is 0.958. The molecular formula is C24H42F2O2. The van der Waals surface area contributed by atoms with E-state index >= 15 is 0 Å². The Balaban J connectivity index is 1.73. The molecule has 0 bridgehead atoms. The minimum atomic E-state index is -2.27. The quantitative estimate of drug-likeness (QED) is 0.339. The Morgan fingerprint density at radius 3 is 2.04 bits per heavy atom. The number of carbonyl (C=O) groups is 1. The maximum Gasteiger partial charge on any atom is 0.306 e. The first kappa shape index (κ1) is 23.6. The number of carboxylic acids is 1. The van der Waals surface area contributed by atoms with Crippen molar-refractivity contribution in [2.24, 2.45) is 23.2 Å². The van der Waals surface area contributed by atoms with E-state index < -0.39 is 12.4 Å². The lowest BCUT2D eigenvalue weighted by Gasteiger charge is -2.47. The molecule has 0 aromatic carbocycles. The molecule has 2 aliphatic carbocycles. The smallest absolute Gasteiger partial charge is 0.306 e. The summed E-state index contributed by atoms with van der Waals surface area (Å²) in [7, 11) is 0. The Morgan fingerprint density at radius 2 is 1.50 bits per heavy atom. The van der Waals surface area contributed by atoms with Gasteiger partial charge in [0, 0.05) is 6.42 Å². The highest BCUT2D eigenvalue weighted by molar-refractivity contribution is 5.70. The molecule has 0 amide bonds. The minimum Gasteiger partial charge on any atom is -0.481 e. The summed E-state index contributed by atoms with van der Waals surface area (Å²) in [6.45, 7) is 2.25. The molecule has 2 fully saturated rings. The minimum absolute atomic E-state index is 0.0214. The van der Waals surface area contributed by atoms with Gasteiger partial charge in [0.2, 0.25) is 6.43 Å². The number of halogens is 2. The summed E-state index contributed by atoms with van der Waals surface area (Å²) in [6.07, 6.45) is 15.5. The van der Waals surface area contributed by atoms with E-state index in [4.69, 9.17) is 0 Å². The molecule has 28 heavy (non-hydrogen) atoms. The third-order valence-corrected chi connectivity index (χ3v) is 7.82. The summed E-state index contributed by atoms with van der Waals surface area (Å²) in [5.74, 6) is 0.0934. The molecule has 2 aliphatic rings. The van der Waals surface area contributed by atoms with Crippen molar-refractivity contribution >= 4 is 5.97 Å². The molecule has 2 nitrogen and oxygen atoms in total. The molecule has 4 heteroatoms. The monoisotopic (exact) mass is 400 g/mol. The van der Waals surface area contributed by atoms with Gasteiger partial charge in [-0.15, -0.1) is 0 Å². The summed E-state index contributed by atoms with van der Waals surface area (Å²) in [5.41, 5.74) is -0.301. The van der Waals surface area contributed by atoms with Gasteiger partial charge in [-0.2, -0.15) is 0 Å². The van der Waals surface area contributed by atoms with Gasteiger partial charge in [-0.3, -0.25) is 4.79 Å². The van der Waals surface area contributed by atoms with E-state index in [1.165, 1.54) is 64.2 Å². The van der Waals surface area contributed by atoms with Crippen LogP contribution >= 0.6 is 0 Å². The third kappa shape index (κ3) is 7.30. The average Bonchev–Trinajstić information content (AvgIpc) is 2.67. The van der Waals surface area contributed by atoms with Crippen molar-refractivity contribution in [3.8, 4) is 0 Å². The summed E-state index contributed by atoms with van der Waals surface area (Å²) in [4.78, 5) is 11.3. The molecule has 0 atom stereocenters. The normalized spacial score (nSPS) is 31.2. The van der Waals surface area contributed by atoms with Crippen LogP contribution in [0.25, 0.3) is 0 Å². The number of unbranched alkanes of at least 4 members (excludes halogenated alkanes) is 6. The van der Waals surface area contributed by atoms with Gasteiger partial charge in [0.25, 0.3) is 0 Å². The second-order valence-electron chi connectivity index (χ2n) is 9.70. The summed E-state index contributed by atoms with van der Waals surface area (Å²) in [5, 5.41) is 9.25. The largest absolute Gasteiger partial charge is 0.481 e. The van der Waals surface area contributed by atoms with Crippen LogP contribution in [-0.4, -0.2) is 17.5 Å². The number of hydrogen-bond donors (Lipinski definition) is 1. The van der Waals surface area contributed by atoms with Crippen molar-refractivity contribution in [3.63, 3.8) is 0 Å². The maximum atomic E-state index is 13.4. The number of aliphatic carboxylic acids is 1. The number of carboxylic acid groups (broad SMARTS) is 1. The molecule has 164 valence electrons. The van der Waals surface area contributed by atoms with Crippen molar-refractivity contribution in [2.45, 2.75) is 123 Å². The molecule has 0 aromatic rings. The van der Waals surface area contributed by atoms with Crippen LogP contribution in [-0.2, 0) is 4.79 Å². The van der Waals surface area contributed by atoms with Gasteiger partial charge in [0.1, 0.15) is 0 Å². The van der Waals surface area contributed by atoms with Crippen LogP contribution in [0.3, 0.4) is 0 Å². The topological polar surface area (TPSA) is 37.3 Å². The van der Waals surface area contributed by atoms with Gasteiger partial charge < -0.3 is 5.11 Å². The molecule has 0 heterocycles. The van der Waals surface area contributed by atoms with E-state index in [2.05, 4.69) is 6.92 Å². The van der Waals surface area contributed by atoms with Crippen LogP contribution in [0.2, 0.25) is 0 Å². The maximum absolute atomic E-state index is 13.4. The lowest BCUT2D eigenvalue weighted by atomic mass is 9.57. The van der Waals surface area contributed by atoms with E-state index in [0.29, 0.717) is 31.6 Å². The van der Waals surface area contributed by atoms with Gasteiger partial charge in [0.15, 0.2) is 0 Å². The van der Waals surface area contributed by atoms with E-state index in [1.807, 2.05) is 0 Å². The highest BCUT2D eigenvalue weighted by Gasteiger charge is 2.45. The van der Waals surface area contributed by atoms with Crippen molar-refractivity contribution < 1.29 is 18.7 Å². The molecule has 0 unspecified atom stereocenters. The van der Waals surface area contributed by atoms with E-state index in [0.717, 1.165) is 18.8 Å². The predicted molar refractivity (Wildman–Crippen MR) is 111 cm³/mol. The van der Waals surface area contributed by atoms with Crippen LogP contribution in [0, 0.1) is 23.2 Å². The Kier molecular flexibility index (Phi) is 10.2. The number of rotatable bonds is 12. The van der Waals surface area contributed by atoms with E-state index in [-0.39, 0.29) is 17.8 Å². The van der Waals surface area contributed by atoms with Gasteiger partial charge in [-0.05, 0) is 55.8 Å². The second-order valence-corrected chi connectivity index (χ2v) is 9.70. The van der Waals surface area contributed by atoms with Crippen LogP contribution in [0.4, 0.5) is 8.78 Å². The fourth-order valence-electron chi connectivity index (χ4n) is 5.98. The van der Waals surface area contributed by atoms with Gasteiger partial charge in [-0.25, -0.2) is 8.78 Å². The summed E-state index contributed by atoms with van der Waals surface area (Å²) in [6, 6.07) is 0. The van der Waals surface area contributed by atoms with Crippen molar-refractivity contribution in [2.75, 3.05) is 0 Å².